The van der Waals surface area contributed by atoms with Crippen molar-refractivity contribution in [1.29, 1.82) is 5.26 Å². The molecule has 2 aromatic rings. The molecule has 1 atom stereocenters. The van der Waals surface area contributed by atoms with Crippen LogP contribution in [0.1, 0.15) is 47.3 Å². The van der Waals surface area contributed by atoms with Gasteiger partial charge in [0.25, 0.3) is 0 Å². The quantitative estimate of drug-likeness (QED) is 0.809. The fraction of sp³-hybridized carbons (Fsp3) is 0.312. The smallest absolute Gasteiger partial charge is 0.357 e. The van der Waals surface area contributed by atoms with Gasteiger partial charge in [0.2, 0.25) is 0 Å². The van der Waals surface area contributed by atoms with Crippen molar-refractivity contribution in [2.75, 3.05) is 0 Å². The summed E-state index contributed by atoms with van der Waals surface area (Å²) in [5.74, 6) is -0.394. The first-order valence-corrected chi connectivity index (χ1v) is 6.80. The molecule has 0 saturated heterocycles. The molecule has 0 N–H and O–H groups in total. The number of nitriles is 1. The van der Waals surface area contributed by atoms with E-state index in [1.165, 1.54) is 0 Å². The minimum atomic E-state index is -0.394. The normalized spacial score (nSPS) is 11.7. The molecule has 2 rings (SSSR count). The standard InChI is InChI=1S/C16H17N3O2/c1-4-19-15(9-11(2)18-19)16(20)21-12(3)14-7-5-13(10-17)6-8-14/h5-9,12H,4H2,1-3H3/t12-/m1/s1. The molecule has 0 radical (unpaired) electrons. The Morgan fingerprint density at radius 1 is 1.43 bits per heavy atom. The lowest BCUT2D eigenvalue weighted by atomic mass is 10.1. The molecule has 1 aromatic carbocycles. The summed E-state index contributed by atoms with van der Waals surface area (Å²) in [5.41, 5.74) is 2.67. The van der Waals surface area contributed by atoms with Gasteiger partial charge in [-0.15, -0.1) is 0 Å². The predicted octanol–water partition coefficient (Wildman–Crippen LogP) is 3.00. The summed E-state index contributed by atoms with van der Waals surface area (Å²) in [4.78, 5) is 12.2. The van der Waals surface area contributed by atoms with Gasteiger partial charge >= 0.3 is 5.97 Å². The minimum Gasteiger partial charge on any atom is -0.453 e. The SMILES string of the molecule is CCn1nc(C)cc1C(=O)O[C@H](C)c1ccc(C#N)cc1. The Morgan fingerprint density at radius 3 is 2.67 bits per heavy atom. The summed E-state index contributed by atoms with van der Waals surface area (Å²) in [5, 5.41) is 13.0. The third-order valence-electron chi connectivity index (χ3n) is 3.20. The summed E-state index contributed by atoms with van der Waals surface area (Å²) in [6.07, 6.45) is -0.384. The van der Waals surface area contributed by atoms with Crippen LogP contribution >= 0.6 is 0 Å². The number of aromatic nitrogens is 2. The monoisotopic (exact) mass is 283 g/mol. The first-order valence-electron chi connectivity index (χ1n) is 6.80. The van der Waals surface area contributed by atoms with E-state index >= 15 is 0 Å². The molecule has 0 unspecified atom stereocenters. The van der Waals surface area contributed by atoms with Crippen molar-refractivity contribution >= 4 is 5.97 Å². The van der Waals surface area contributed by atoms with Crippen LogP contribution in [0.25, 0.3) is 0 Å². The fourth-order valence-corrected chi connectivity index (χ4v) is 2.07. The lowest BCUT2D eigenvalue weighted by Crippen LogP contribution is -2.14. The summed E-state index contributed by atoms with van der Waals surface area (Å²) in [7, 11) is 0. The second-order valence-corrected chi connectivity index (χ2v) is 4.77. The van der Waals surface area contributed by atoms with Gasteiger partial charge in [-0.3, -0.25) is 4.68 Å². The maximum Gasteiger partial charge on any atom is 0.357 e. The number of carbonyl (C=O) groups is 1. The second kappa shape index (κ2) is 6.23. The highest BCUT2D eigenvalue weighted by molar-refractivity contribution is 5.87. The Morgan fingerprint density at radius 2 is 2.10 bits per heavy atom. The molecule has 21 heavy (non-hydrogen) atoms. The van der Waals surface area contributed by atoms with E-state index in [2.05, 4.69) is 11.2 Å². The third kappa shape index (κ3) is 3.29. The van der Waals surface area contributed by atoms with Crippen LogP contribution in [0, 0.1) is 18.3 Å². The van der Waals surface area contributed by atoms with Gasteiger partial charge in [0.15, 0.2) is 0 Å². The summed E-state index contributed by atoms with van der Waals surface area (Å²) in [6, 6.07) is 10.8. The third-order valence-corrected chi connectivity index (χ3v) is 3.20. The molecule has 0 fully saturated rings. The Balaban J connectivity index is 2.12. The van der Waals surface area contributed by atoms with Crippen LogP contribution in [-0.4, -0.2) is 15.7 Å². The molecule has 0 aliphatic heterocycles. The topological polar surface area (TPSA) is 67.9 Å². The predicted molar refractivity (Wildman–Crippen MR) is 77.6 cm³/mol. The van der Waals surface area contributed by atoms with Crippen LogP contribution in [0.15, 0.2) is 30.3 Å². The summed E-state index contributed by atoms with van der Waals surface area (Å²) >= 11 is 0. The first-order chi connectivity index (χ1) is 10.0. The lowest BCUT2D eigenvalue weighted by molar-refractivity contribution is 0.0323. The van der Waals surface area contributed by atoms with Crippen molar-refractivity contribution in [3.05, 3.63) is 52.8 Å². The van der Waals surface area contributed by atoms with Crippen molar-refractivity contribution < 1.29 is 9.53 Å². The van der Waals surface area contributed by atoms with Crippen molar-refractivity contribution in [1.82, 2.24) is 9.78 Å². The number of hydrogen-bond donors (Lipinski definition) is 0. The molecule has 0 spiro atoms. The molecular weight excluding hydrogens is 266 g/mol. The average molecular weight is 283 g/mol. The van der Waals surface area contributed by atoms with E-state index in [1.807, 2.05) is 13.8 Å². The van der Waals surface area contributed by atoms with Gasteiger partial charge in [-0.05, 0) is 44.5 Å². The molecule has 0 saturated carbocycles. The molecular formula is C16H17N3O2. The van der Waals surface area contributed by atoms with Gasteiger partial charge in [-0.2, -0.15) is 10.4 Å². The van der Waals surface area contributed by atoms with Gasteiger partial charge in [-0.1, -0.05) is 12.1 Å². The molecule has 5 heteroatoms. The summed E-state index contributed by atoms with van der Waals surface area (Å²) < 4.78 is 7.10. The zero-order valence-electron chi connectivity index (χ0n) is 12.3. The van der Waals surface area contributed by atoms with Crippen molar-refractivity contribution in [2.45, 2.75) is 33.4 Å². The molecule has 0 aliphatic carbocycles. The van der Waals surface area contributed by atoms with Crippen LogP contribution in [0.4, 0.5) is 0 Å². The van der Waals surface area contributed by atoms with Gasteiger partial charge in [0.1, 0.15) is 11.8 Å². The van der Waals surface area contributed by atoms with E-state index in [9.17, 15) is 4.79 Å². The maximum atomic E-state index is 12.2. The highest BCUT2D eigenvalue weighted by Gasteiger charge is 2.18. The van der Waals surface area contributed by atoms with Crippen LogP contribution in [-0.2, 0) is 11.3 Å². The van der Waals surface area contributed by atoms with Gasteiger partial charge < -0.3 is 4.74 Å². The van der Waals surface area contributed by atoms with Gasteiger partial charge in [0.05, 0.1) is 17.3 Å². The minimum absolute atomic E-state index is 0.384. The van der Waals surface area contributed by atoms with Crippen LogP contribution in [0.3, 0.4) is 0 Å². The number of hydrogen-bond acceptors (Lipinski definition) is 4. The number of benzene rings is 1. The number of esters is 1. The van der Waals surface area contributed by atoms with E-state index in [1.54, 1.807) is 41.9 Å². The zero-order valence-corrected chi connectivity index (χ0v) is 12.3. The number of nitrogens with zero attached hydrogens (tertiary/aromatic N) is 3. The average Bonchev–Trinajstić information content (AvgIpc) is 2.88. The molecule has 1 aromatic heterocycles. The van der Waals surface area contributed by atoms with E-state index < -0.39 is 5.97 Å². The van der Waals surface area contributed by atoms with Crippen molar-refractivity contribution in [2.24, 2.45) is 0 Å². The zero-order chi connectivity index (χ0) is 15.4. The van der Waals surface area contributed by atoms with E-state index in [0.29, 0.717) is 17.8 Å². The van der Waals surface area contributed by atoms with E-state index in [-0.39, 0.29) is 6.10 Å². The molecule has 108 valence electrons. The Labute approximate surface area is 123 Å². The summed E-state index contributed by atoms with van der Waals surface area (Å²) in [6.45, 7) is 6.18. The van der Waals surface area contributed by atoms with Crippen LogP contribution in [0.2, 0.25) is 0 Å². The molecule has 0 amide bonds. The van der Waals surface area contributed by atoms with Crippen molar-refractivity contribution in [3.8, 4) is 6.07 Å². The molecule has 1 heterocycles. The maximum absolute atomic E-state index is 12.2. The first kappa shape index (κ1) is 14.8. The van der Waals surface area contributed by atoms with Crippen LogP contribution < -0.4 is 0 Å². The van der Waals surface area contributed by atoms with E-state index in [0.717, 1.165) is 11.3 Å². The number of ether oxygens (including phenoxy) is 1. The highest BCUT2D eigenvalue weighted by atomic mass is 16.5. The van der Waals surface area contributed by atoms with E-state index in [4.69, 9.17) is 10.00 Å². The van der Waals surface area contributed by atoms with Crippen LogP contribution in [0.5, 0.6) is 0 Å². The molecule has 5 nitrogen and oxygen atoms in total. The highest BCUT2D eigenvalue weighted by Crippen LogP contribution is 2.19. The van der Waals surface area contributed by atoms with Gasteiger partial charge in [0, 0.05) is 6.54 Å². The lowest BCUT2D eigenvalue weighted by Gasteiger charge is -2.14. The Bertz CT molecular complexity index is 681. The number of carbonyl (C=O) groups excluding carboxylic acids is 1. The number of aryl methyl sites for hydroxylation is 2. The van der Waals surface area contributed by atoms with Gasteiger partial charge in [-0.25, -0.2) is 4.79 Å². The second-order valence-electron chi connectivity index (χ2n) is 4.77. The number of rotatable bonds is 4. The van der Waals surface area contributed by atoms with Crippen molar-refractivity contribution in [3.63, 3.8) is 0 Å². The molecule has 0 aliphatic rings. The largest absolute Gasteiger partial charge is 0.453 e. The Kier molecular flexibility index (Phi) is 4.39. The molecule has 0 bridgehead atoms. The fourth-order valence-electron chi connectivity index (χ4n) is 2.07. The Hall–Kier alpha value is -2.61.